The van der Waals surface area contributed by atoms with Gasteiger partial charge in [-0.2, -0.15) is 0 Å². The van der Waals surface area contributed by atoms with Gasteiger partial charge in [-0.3, -0.25) is 0 Å². The van der Waals surface area contributed by atoms with Crippen LogP contribution in [0.4, 0.5) is 0 Å². The van der Waals surface area contributed by atoms with Crippen LogP contribution in [0, 0.1) is 11.8 Å². The van der Waals surface area contributed by atoms with Crippen molar-refractivity contribution in [2.75, 3.05) is 6.54 Å². The van der Waals surface area contributed by atoms with Crippen LogP contribution in [0.1, 0.15) is 40.0 Å². The minimum atomic E-state index is 0.653. The minimum absolute atomic E-state index is 0.653. The normalized spacial score (nSPS) is 24.9. The lowest BCUT2D eigenvalue weighted by Crippen LogP contribution is -2.38. The second kappa shape index (κ2) is 5.54. The zero-order valence-corrected chi connectivity index (χ0v) is 10.3. The molecule has 0 aliphatic heterocycles. The summed E-state index contributed by atoms with van der Waals surface area (Å²) in [5, 5.41) is 7.44. The number of nitrogens with one attached hydrogen (secondary N) is 2. The molecule has 2 nitrogen and oxygen atoms in total. The molecule has 0 spiro atoms. The van der Waals surface area contributed by atoms with Crippen molar-refractivity contribution in [3.05, 3.63) is 0 Å². The fourth-order valence-electron chi connectivity index (χ4n) is 1.63. The van der Waals surface area contributed by atoms with E-state index < -0.39 is 0 Å². The van der Waals surface area contributed by atoms with Crippen molar-refractivity contribution in [1.82, 2.24) is 10.6 Å². The highest BCUT2D eigenvalue weighted by Crippen LogP contribution is 2.34. The van der Waals surface area contributed by atoms with Gasteiger partial charge in [0.1, 0.15) is 0 Å². The number of rotatable bonds is 5. The van der Waals surface area contributed by atoms with E-state index in [0.29, 0.717) is 12.0 Å². The molecule has 14 heavy (non-hydrogen) atoms. The fourth-order valence-corrected chi connectivity index (χ4v) is 1.87. The summed E-state index contributed by atoms with van der Waals surface area (Å²) >= 11 is 5.20. The van der Waals surface area contributed by atoms with Crippen molar-refractivity contribution in [1.29, 1.82) is 0 Å². The molecule has 2 atom stereocenters. The van der Waals surface area contributed by atoms with Crippen molar-refractivity contribution < 1.29 is 0 Å². The van der Waals surface area contributed by atoms with Crippen molar-refractivity contribution in [2.45, 2.75) is 46.1 Å². The van der Waals surface area contributed by atoms with E-state index in [0.717, 1.165) is 17.6 Å². The predicted octanol–water partition coefficient (Wildman–Crippen LogP) is 2.30. The molecule has 0 saturated heterocycles. The summed E-state index contributed by atoms with van der Waals surface area (Å²) in [6, 6.07) is 0.655. The molecule has 0 radical (unpaired) electrons. The maximum Gasteiger partial charge on any atom is 0.166 e. The van der Waals surface area contributed by atoms with Crippen LogP contribution in [0.3, 0.4) is 0 Å². The van der Waals surface area contributed by atoms with Crippen molar-refractivity contribution in [2.24, 2.45) is 11.8 Å². The van der Waals surface area contributed by atoms with E-state index in [-0.39, 0.29) is 0 Å². The molecule has 1 aliphatic rings. The van der Waals surface area contributed by atoms with Gasteiger partial charge >= 0.3 is 0 Å². The third-order valence-electron chi connectivity index (χ3n) is 2.57. The van der Waals surface area contributed by atoms with Crippen LogP contribution < -0.4 is 10.6 Å². The average molecular weight is 214 g/mol. The fraction of sp³-hybridized carbons (Fsp3) is 0.909. The molecule has 0 aromatic carbocycles. The summed E-state index contributed by atoms with van der Waals surface area (Å²) in [5.74, 6) is 1.53. The highest BCUT2D eigenvalue weighted by Gasteiger charge is 2.36. The Morgan fingerprint density at radius 3 is 2.79 bits per heavy atom. The van der Waals surface area contributed by atoms with Gasteiger partial charge in [-0.25, -0.2) is 0 Å². The zero-order chi connectivity index (χ0) is 10.6. The van der Waals surface area contributed by atoms with Crippen molar-refractivity contribution in [3.8, 4) is 0 Å². The Labute approximate surface area is 92.8 Å². The first-order valence-electron chi connectivity index (χ1n) is 5.67. The molecule has 1 fully saturated rings. The predicted molar refractivity (Wildman–Crippen MR) is 65.4 cm³/mol. The SMILES string of the molecule is CCCC1CC1NC(=S)NCC(C)C. The molecule has 3 heteroatoms. The van der Waals surface area contributed by atoms with Crippen LogP contribution >= 0.6 is 12.2 Å². The van der Waals surface area contributed by atoms with E-state index in [9.17, 15) is 0 Å². The van der Waals surface area contributed by atoms with E-state index in [4.69, 9.17) is 12.2 Å². The topological polar surface area (TPSA) is 24.1 Å². The lowest BCUT2D eigenvalue weighted by Gasteiger charge is -2.11. The lowest BCUT2D eigenvalue weighted by atomic mass is 10.2. The molecule has 82 valence electrons. The molecular weight excluding hydrogens is 192 g/mol. The Balaban J connectivity index is 2.05. The maximum absolute atomic E-state index is 5.20. The molecule has 0 amide bonds. The van der Waals surface area contributed by atoms with Crippen LogP contribution in [0.5, 0.6) is 0 Å². The van der Waals surface area contributed by atoms with E-state index in [1.807, 2.05) is 0 Å². The van der Waals surface area contributed by atoms with E-state index >= 15 is 0 Å². The van der Waals surface area contributed by atoms with Crippen molar-refractivity contribution in [3.63, 3.8) is 0 Å². The summed E-state index contributed by atoms with van der Waals surface area (Å²) in [5.41, 5.74) is 0. The van der Waals surface area contributed by atoms with Gasteiger partial charge in [-0.1, -0.05) is 27.2 Å². The highest BCUT2D eigenvalue weighted by atomic mass is 32.1. The molecule has 2 N–H and O–H groups in total. The van der Waals surface area contributed by atoms with Gasteiger partial charge in [-0.15, -0.1) is 0 Å². The van der Waals surface area contributed by atoms with Crippen LogP contribution in [0.25, 0.3) is 0 Å². The van der Waals surface area contributed by atoms with Gasteiger partial charge in [0.05, 0.1) is 0 Å². The number of thiocarbonyl (C=S) groups is 1. The molecule has 2 unspecified atom stereocenters. The van der Waals surface area contributed by atoms with Crippen molar-refractivity contribution >= 4 is 17.3 Å². The van der Waals surface area contributed by atoms with Crippen LogP contribution in [-0.2, 0) is 0 Å². The van der Waals surface area contributed by atoms with Gasteiger partial charge in [0, 0.05) is 12.6 Å². The first-order chi connectivity index (χ1) is 6.63. The molecular formula is C11H22N2S. The maximum atomic E-state index is 5.20. The Morgan fingerprint density at radius 1 is 1.50 bits per heavy atom. The van der Waals surface area contributed by atoms with Gasteiger partial charge in [0.2, 0.25) is 0 Å². The standard InChI is InChI=1S/C11H22N2S/c1-4-5-9-6-10(9)13-11(14)12-7-8(2)3/h8-10H,4-7H2,1-3H3,(H2,12,13,14). The third kappa shape index (κ3) is 4.27. The number of hydrogen-bond donors (Lipinski definition) is 2. The summed E-state index contributed by atoms with van der Waals surface area (Å²) in [4.78, 5) is 0. The third-order valence-corrected chi connectivity index (χ3v) is 2.83. The van der Waals surface area contributed by atoms with Gasteiger partial charge in [0.15, 0.2) is 5.11 Å². The average Bonchev–Trinajstić information content (AvgIpc) is 2.81. The summed E-state index contributed by atoms with van der Waals surface area (Å²) < 4.78 is 0. The smallest absolute Gasteiger partial charge is 0.166 e. The Hall–Kier alpha value is -0.310. The number of hydrogen-bond acceptors (Lipinski definition) is 1. The molecule has 0 aromatic rings. The van der Waals surface area contributed by atoms with Crippen LogP contribution in [0.2, 0.25) is 0 Å². The summed E-state index contributed by atoms with van der Waals surface area (Å²) in [7, 11) is 0. The zero-order valence-electron chi connectivity index (χ0n) is 9.47. The van der Waals surface area contributed by atoms with Crippen LogP contribution in [0.15, 0.2) is 0 Å². The molecule has 0 aromatic heterocycles. The summed E-state index contributed by atoms with van der Waals surface area (Å²) in [6.07, 6.45) is 3.93. The molecule has 0 bridgehead atoms. The first-order valence-corrected chi connectivity index (χ1v) is 6.08. The minimum Gasteiger partial charge on any atom is -0.362 e. The van der Waals surface area contributed by atoms with E-state index in [1.54, 1.807) is 0 Å². The summed E-state index contributed by atoms with van der Waals surface area (Å²) in [6.45, 7) is 7.58. The monoisotopic (exact) mass is 214 g/mol. The van der Waals surface area contributed by atoms with Gasteiger partial charge in [-0.05, 0) is 36.9 Å². The van der Waals surface area contributed by atoms with Crippen LogP contribution in [-0.4, -0.2) is 17.7 Å². The Bertz CT molecular complexity index is 192. The molecule has 0 heterocycles. The molecule has 1 aliphatic carbocycles. The lowest BCUT2D eigenvalue weighted by molar-refractivity contribution is 0.612. The van der Waals surface area contributed by atoms with E-state index in [2.05, 4.69) is 31.4 Å². The molecule has 1 rings (SSSR count). The Kier molecular flexibility index (Phi) is 4.66. The largest absolute Gasteiger partial charge is 0.362 e. The second-order valence-corrected chi connectivity index (χ2v) is 5.05. The second-order valence-electron chi connectivity index (χ2n) is 4.64. The first kappa shape index (κ1) is 11.8. The Morgan fingerprint density at radius 2 is 2.21 bits per heavy atom. The van der Waals surface area contributed by atoms with Gasteiger partial charge < -0.3 is 10.6 Å². The quantitative estimate of drug-likeness (QED) is 0.687. The highest BCUT2D eigenvalue weighted by molar-refractivity contribution is 7.80. The van der Waals surface area contributed by atoms with E-state index in [1.165, 1.54) is 19.3 Å². The molecule has 1 saturated carbocycles. The van der Waals surface area contributed by atoms with Gasteiger partial charge in [0.25, 0.3) is 0 Å².